The van der Waals surface area contributed by atoms with Crippen LogP contribution in [0.3, 0.4) is 0 Å². The van der Waals surface area contributed by atoms with E-state index in [1.54, 1.807) is 36.4 Å². The van der Waals surface area contributed by atoms with Gasteiger partial charge in [-0.3, -0.25) is 9.10 Å². The topological polar surface area (TPSA) is 94.2 Å². The minimum Gasteiger partial charge on any atom is -0.494 e. The van der Waals surface area contributed by atoms with Gasteiger partial charge in [0.25, 0.3) is 0 Å². The molecular weight excluding hydrogens is 432 g/mol. The zero-order chi connectivity index (χ0) is 23.6. The average molecular weight is 465 g/mol. The largest absolute Gasteiger partial charge is 0.494 e. The second-order valence-electron chi connectivity index (χ2n) is 7.04. The Hall–Kier alpha value is -2.94. The highest BCUT2D eigenvalue weighted by atomic mass is 32.2. The molecule has 0 saturated heterocycles. The number of carbonyl (C=O) groups excluding carboxylic acids is 1. The van der Waals surface area contributed by atoms with Crippen molar-refractivity contribution in [2.45, 2.75) is 33.7 Å². The fourth-order valence-electron chi connectivity index (χ4n) is 2.92. The van der Waals surface area contributed by atoms with Gasteiger partial charge in [-0.05, 0) is 62.2 Å². The number of ether oxygens (including phenoxy) is 3. The predicted octanol–water partition coefficient (Wildman–Crippen LogP) is 3.36. The molecule has 2 aromatic carbocycles. The Balaban J connectivity index is 2.06. The summed E-state index contributed by atoms with van der Waals surface area (Å²) >= 11 is 0. The number of carbonyl (C=O) groups is 1. The third kappa shape index (κ3) is 7.64. The summed E-state index contributed by atoms with van der Waals surface area (Å²) in [6.07, 6.45) is 1.94. The Bertz CT molecular complexity index is 976. The summed E-state index contributed by atoms with van der Waals surface area (Å²) in [5, 5.41) is 2.77. The minimum absolute atomic E-state index is 0.229. The van der Waals surface area contributed by atoms with Crippen LogP contribution in [0.5, 0.6) is 17.2 Å². The number of nitrogens with one attached hydrogen (secondary N) is 1. The van der Waals surface area contributed by atoms with Gasteiger partial charge in [0.2, 0.25) is 15.9 Å². The second kappa shape index (κ2) is 12.2. The van der Waals surface area contributed by atoms with Gasteiger partial charge in [-0.25, -0.2) is 8.42 Å². The van der Waals surface area contributed by atoms with Gasteiger partial charge in [0, 0.05) is 6.54 Å². The first kappa shape index (κ1) is 25.3. The van der Waals surface area contributed by atoms with Crippen LogP contribution in [0.4, 0.5) is 5.69 Å². The summed E-state index contributed by atoms with van der Waals surface area (Å²) < 4.78 is 42.3. The fraction of sp³-hybridized carbons (Fsp3) is 0.435. The smallest absolute Gasteiger partial charge is 0.241 e. The Kier molecular flexibility index (Phi) is 9.64. The highest BCUT2D eigenvalue weighted by Gasteiger charge is 2.21. The van der Waals surface area contributed by atoms with E-state index < -0.39 is 15.9 Å². The first-order chi connectivity index (χ1) is 15.3. The Morgan fingerprint density at radius 2 is 1.59 bits per heavy atom. The van der Waals surface area contributed by atoms with E-state index in [9.17, 15) is 13.2 Å². The van der Waals surface area contributed by atoms with Crippen molar-refractivity contribution in [3.05, 3.63) is 48.0 Å². The third-order valence-corrected chi connectivity index (χ3v) is 5.52. The molecule has 1 N–H and O–H groups in total. The molecule has 0 aliphatic heterocycles. The van der Waals surface area contributed by atoms with Crippen molar-refractivity contribution < 1.29 is 27.4 Å². The van der Waals surface area contributed by atoms with Crippen LogP contribution >= 0.6 is 0 Å². The van der Waals surface area contributed by atoms with Crippen molar-refractivity contribution in [1.29, 1.82) is 0 Å². The first-order valence-corrected chi connectivity index (χ1v) is 12.5. The molecule has 0 atom stereocenters. The quantitative estimate of drug-likeness (QED) is 0.489. The number of anilines is 1. The van der Waals surface area contributed by atoms with Crippen LogP contribution in [-0.4, -0.2) is 46.9 Å². The maximum Gasteiger partial charge on any atom is 0.241 e. The molecule has 0 fully saturated rings. The molecule has 176 valence electrons. The van der Waals surface area contributed by atoms with Crippen molar-refractivity contribution in [3.8, 4) is 17.2 Å². The van der Waals surface area contributed by atoms with Crippen molar-refractivity contribution in [3.63, 3.8) is 0 Å². The highest BCUT2D eigenvalue weighted by molar-refractivity contribution is 7.92. The summed E-state index contributed by atoms with van der Waals surface area (Å²) in [5.41, 5.74) is 1.21. The average Bonchev–Trinajstić information content (AvgIpc) is 2.76. The molecule has 1 amide bonds. The Labute approximate surface area is 190 Å². The lowest BCUT2D eigenvalue weighted by Crippen LogP contribution is -2.40. The molecule has 0 aliphatic carbocycles. The van der Waals surface area contributed by atoms with Crippen molar-refractivity contribution in [2.75, 3.05) is 36.9 Å². The molecule has 0 aliphatic rings. The van der Waals surface area contributed by atoms with Gasteiger partial charge in [0.1, 0.15) is 12.3 Å². The van der Waals surface area contributed by atoms with E-state index in [1.165, 1.54) is 0 Å². The maximum absolute atomic E-state index is 12.5. The monoisotopic (exact) mass is 464 g/mol. The lowest BCUT2D eigenvalue weighted by atomic mass is 10.2. The summed E-state index contributed by atoms with van der Waals surface area (Å²) in [6.45, 7) is 7.26. The van der Waals surface area contributed by atoms with Gasteiger partial charge in [-0.1, -0.05) is 13.0 Å². The normalized spacial score (nSPS) is 11.0. The van der Waals surface area contributed by atoms with Gasteiger partial charge in [-0.2, -0.15) is 0 Å². The van der Waals surface area contributed by atoms with E-state index in [2.05, 4.69) is 5.32 Å². The Morgan fingerprint density at radius 1 is 0.938 bits per heavy atom. The van der Waals surface area contributed by atoms with Crippen LogP contribution < -0.4 is 23.8 Å². The molecule has 0 bridgehead atoms. The van der Waals surface area contributed by atoms with Crippen LogP contribution in [-0.2, 0) is 21.4 Å². The molecule has 8 nitrogen and oxygen atoms in total. The molecule has 9 heteroatoms. The van der Waals surface area contributed by atoms with E-state index >= 15 is 0 Å². The van der Waals surface area contributed by atoms with E-state index in [1.807, 2.05) is 26.8 Å². The van der Waals surface area contributed by atoms with Gasteiger partial charge >= 0.3 is 0 Å². The van der Waals surface area contributed by atoms with Crippen molar-refractivity contribution in [2.24, 2.45) is 0 Å². The SMILES string of the molecule is CCCOc1ccc(N(CC(=O)NCc2ccc(OCC)c(OCC)c2)S(C)(=O)=O)cc1. The standard InChI is InChI=1S/C23H32N2O6S/c1-5-14-31-20-11-9-19(10-12-20)25(32(4,27)28)17-23(26)24-16-18-8-13-21(29-6-2)22(15-18)30-7-3/h8-13,15H,5-7,14,16-17H2,1-4H3,(H,24,26). The molecule has 0 heterocycles. The minimum atomic E-state index is -3.66. The fourth-order valence-corrected chi connectivity index (χ4v) is 3.78. The maximum atomic E-state index is 12.5. The number of hydrogen-bond acceptors (Lipinski definition) is 6. The highest BCUT2D eigenvalue weighted by Crippen LogP contribution is 2.28. The van der Waals surface area contributed by atoms with E-state index in [0.717, 1.165) is 22.5 Å². The first-order valence-electron chi connectivity index (χ1n) is 10.6. The molecular formula is C23H32N2O6S. The molecule has 0 aromatic heterocycles. The molecule has 32 heavy (non-hydrogen) atoms. The Morgan fingerprint density at radius 3 is 2.19 bits per heavy atom. The van der Waals surface area contributed by atoms with E-state index in [-0.39, 0.29) is 13.1 Å². The number of sulfonamides is 1. The third-order valence-electron chi connectivity index (χ3n) is 4.38. The molecule has 0 unspecified atom stereocenters. The van der Waals surface area contributed by atoms with Gasteiger partial charge in [-0.15, -0.1) is 0 Å². The van der Waals surface area contributed by atoms with Crippen LogP contribution in [0.15, 0.2) is 42.5 Å². The van der Waals surface area contributed by atoms with Crippen molar-refractivity contribution in [1.82, 2.24) is 5.32 Å². The van der Waals surface area contributed by atoms with Crippen LogP contribution in [0, 0.1) is 0 Å². The van der Waals surface area contributed by atoms with Crippen LogP contribution in [0.1, 0.15) is 32.8 Å². The van der Waals surface area contributed by atoms with E-state index in [4.69, 9.17) is 14.2 Å². The summed E-state index contributed by atoms with van der Waals surface area (Å²) in [5.74, 6) is 1.46. The molecule has 2 aromatic rings. The molecule has 0 spiro atoms. The lowest BCUT2D eigenvalue weighted by Gasteiger charge is -2.22. The zero-order valence-corrected chi connectivity index (χ0v) is 19.9. The van der Waals surface area contributed by atoms with Gasteiger partial charge < -0.3 is 19.5 Å². The van der Waals surface area contributed by atoms with Crippen LogP contribution in [0.2, 0.25) is 0 Å². The number of hydrogen-bond donors (Lipinski definition) is 1. The van der Waals surface area contributed by atoms with Crippen molar-refractivity contribution >= 4 is 21.6 Å². The number of rotatable bonds is 13. The molecule has 0 radical (unpaired) electrons. The lowest BCUT2D eigenvalue weighted by molar-refractivity contribution is -0.119. The van der Waals surface area contributed by atoms with Crippen LogP contribution in [0.25, 0.3) is 0 Å². The number of amides is 1. The summed E-state index contributed by atoms with van der Waals surface area (Å²) in [7, 11) is -3.66. The zero-order valence-electron chi connectivity index (χ0n) is 19.1. The molecule has 0 saturated carbocycles. The molecule has 2 rings (SSSR count). The second-order valence-corrected chi connectivity index (χ2v) is 8.94. The van der Waals surface area contributed by atoms with E-state index in [0.29, 0.717) is 42.8 Å². The predicted molar refractivity (Wildman–Crippen MR) is 125 cm³/mol. The summed E-state index contributed by atoms with van der Waals surface area (Å²) in [4.78, 5) is 12.5. The van der Waals surface area contributed by atoms with Gasteiger partial charge in [0.05, 0.1) is 31.8 Å². The van der Waals surface area contributed by atoms with Gasteiger partial charge in [0.15, 0.2) is 11.5 Å². The number of nitrogens with zero attached hydrogens (tertiary/aromatic N) is 1. The number of benzene rings is 2. The summed E-state index contributed by atoms with van der Waals surface area (Å²) in [6, 6.07) is 12.1.